The average Bonchev–Trinajstić information content (AvgIpc) is 2.75. The van der Waals surface area contributed by atoms with Crippen LogP contribution in [-0.2, 0) is 6.42 Å². The van der Waals surface area contributed by atoms with Crippen LogP contribution in [0.5, 0.6) is 0 Å². The minimum atomic E-state index is 0.652. The summed E-state index contributed by atoms with van der Waals surface area (Å²) >= 11 is 0. The van der Waals surface area contributed by atoms with Gasteiger partial charge in [0.2, 0.25) is 0 Å². The van der Waals surface area contributed by atoms with Gasteiger partial charge in [-0.1, -0.05) is 38.0 Å². The molecule has 1 aliphatic carbocycles. The first-order valence-corrected chi connectivity index (χ1v) is 8.32. The number of fused-ring (bicyclic) bond motifs is 1. The first-order valence-electron chi connectivity index (χ1n) is 8.32. The Kier molecular flexibility index (Phi) is 4.30. The van der Waals surface area contributed by atoms with Gasteiger partial charge in [0.05, 0.1) is 0 Å². The van der Waals surface area contributed by atoms with Crippen LogP contribution in [-0.4, -0.2) is 25.2 Å². The van der Waals surface area contributed by atoms with Crippen molar-refractivity contribution in [3.8, 4) is 0 Å². The number of para-hydroxylation sites is 1. The quantitative estimate of drug-likeness (QED) is 0.901. The Labute approximate surface area is 123 Å². The van der Waals surface area contributed by atoms with Gasteiger partial charge in [-0.15, -0.1) is 0 Å². The van der Waals surface area contributed by atoms with Crippen molar-refractivity contribution in [2.24, 2.45) is 5.92 Å². The monoisotopic (exact) mass is 272 g/mol. The molecule has 1 fully saturated rings. The molecule has 0 amide bonds. The van der Waals surface area contributed by atoms with Gasteiger partial charge in [-0.2, -0.15) is 0 Å². The molecule has 110 valence electrons. The summed E-state index contributed by atoms with van der Waals surface area (Å²) < 4.78 is 0. The number of nitrogens with one attached hydrogen (secondary N) is 1. The Balaban J connectivity index is 1.51. The number of benzene rings is 1. The Bertz CT molecular complexity index is 443. The molecule has 2 heteroatoms. The van der Waals surface area contributed by atoms with Crippen LogP contribution in [0.1, 0.15) is 45.1 Å². The van der Waals surface area contributed by atoms with Gasteiger partial charge in [0.1, 0.15) is 0 Å². The molecule has 0 bridgehead atoms. The molecule has 2 nitrogen and oxygen atoms in total. The second kappa shape index (κ2) is 6.17. The molecule has 0 radical (unpaired) electrons. The molecule has 3 atom stereocenters. The molecule has 1 aliphatic heterocycles. The summed E-state index contributed by atoms with van der Waals surface area (Å²) in [6.45, 7) is 7.01. The molecule has 1 heterocycles. The summed E-state index contributed by atoms with van der Waals surface area (Å²) in [7, 11) is 0. The summed E-state index contributed by atoms with van der Waals surface area (Å²) in [5.41, 5.74) is 2.98. The SMILES string of the molecule is CC1CCCC(NCCN2c3ccccc3CC2C)C1. The van der Waals surface area contributed by atoms with Gasteiger partial charge in [0.15, 0.2) is 0 Å². The van der Waals surface area contributed by atoms with Crippen molar-refractivity contribution in [1.29, 1.82) is 0 Å². The van der Waals surface area contributed by atoms with Crippen LogP contribution in [0.4, 0.5) is 5.69 Å². The number of anilines is 1. The molecule has 2 aliphatic rings. The third-order valence-corrected chi connectivity index (χ3v) is 5.07. The van der Waals surface area contributed by atoms with Crippen LogP contribution in [0.25, 0.3) is 0 Å². The minimum Gasteiger partial charge on any atom is -0.367 e. The fraction of sp³-hybridized carbons (Fsp3) is 0.667. The Hall–Kier alpha value is -1.02. The molecule has 1 aromatic carbocycles. The van der Waals surface area contributed by atoms with Crippen LogP contribution < -0.4 is 10.2 Å². The smallest absolute Gasteiger partial charge is 0.0402 e. The van der Waals surface area contributed by atoms with Crippen molar-refractivity contribution in [2.45, 2.75) is 58.0 Å². The van der Waals surface area contributed by atoms with Crippen LogP contribution >= 0.6 is 0 Å². The highest BCUT2D eigenvalue weighted by atomic mass is 15.2. The van der Waals surface area contributed by atoms with Gasteiger partial charge in [-0.3, -0.25) is 0 Å². The van der Waals surface area contributed by atoms with Gasteiger partial charge in [0.25, 0.3) is 0 Å². The molecule has 0 aromatic heterocycles. The molecule has 0 spiro atoms. The number of hydrogen-bond donors (Lipinski definition) is 1. The van der Waals surface area contributed by atoms with E-state index in [4.69, 9.17) is 0 Å². The van der Waals surface area contributed by atoms with Crippen LogP contribution in [0.15, 0.2) is 24.3 Å². The molecule has 3 rings (SSSR count). The van der Waals surface area contributed by atoms with Crippen LogP contribution in [0.3, 0.4) is 0 Å². The van der Waals surface area contributed by atoms with Gasteiger partial charge in [-0.25, -0.2) is 0 Å². The fourth-order valence-electron chi connectivity index (χ4n) is 3.98. The van der Waals surface area contributed by atoms with Crippen molar-refractivity contribution in [1.82, 2.24) is 5.32 Å². The predicted octanol–water partition coefficient (Wildman–Crippen LogP) is 3.61. The fourth-order valence-corrected chi connectivity index (χ4v) is 3.98. The lowest BCUT2D eigenvalue weighted by Crippen LogP contribution is -2.41. The maximum Gasteiger partial charge on any atom is 0.0402 e. The molecular formula is C18H28N2. The molecule has 20 heavy (non-hydrogen) atoms. The summed E-state index contributed by atoms with van der Waals surface area (Å²) in [5.74, 6) is 0.910. The second-order valence-electron chi connectivity index (χ2n) is 6.80. The summed E-state index contributed by atoms with van der Waals surface area (Å²) in [6.07, 6.45) is 6.77. The summed E-state index contributed by atoms with van der Waals surface area (Å²) in [4.78, 5) is 2.58. The van der Waals surface area contributed by atoms with Crippen LogP contribution in [0.2, 0.25) is 0 Å². The average molecular weight is 272 g/mol. The summed E-state index contributed by atoms with van der Waals surface area (Å²) in [6, 6.07) is 10.3. The second-order valence-corrected chi connectivity index (χ2v) is 6.80. The van der Waals surface area contributed by atoms with E-state index in [1.165, 1.54) is 43.4 Å². The first kappa shape index (κ1) is 13.9. The van der Waals surface area contributed by atoms with Crippen molar-refractivity contribution < 1.29 is 0 Å². The van der Waals surface area contributed by atoms with Crippen molar-refractivity contribution >= 4 is 5.69 Å². The third kappa shape index (κ3) is 3.01. The van der Waals surface area contributed by atoms with E-state index < -0.39 is 0 Å². The Morgan fingerprint density at radius 1 is 1.20 bits per heavy atom. The normalized spacial score (nSPS) is 29.5. The molecule has 0 saturated heterocycles. The standard InChI is InChI=1S/C18H28N2/c1-14-6-5-8-17(12-14)19-10-11-20-15(2)13-16-7-3-4-9-18(16)20/h3-4,7,9,14-15,17,19H,5-6,8,10-13H2,1-2H3. The van der Waals surface area contributed by atoms with Crippen LogP contribution in [0, 0.1) is 5.92 Å². The highest BCUT2D eigenvalue weighted by Crippen LogP contribution is 2.31. The Morgan fingerprint density at radius 2 is 2.05 bits per heavy atom. The van der Waals surface area contributed by atoms with E-state index in [1.54, 1.807) is 0 Å². The van der Waals surface area contributed by atoms with Gasteiger partial charge < -0.3 is 10.2 Å². The van der Waals surface area contributed by atoms with Crippen molar-refractivity contribution in [2.75, 3.05) is 18.0 Å². The van der Waals surface area contributed by atoms with Crippen molar-refractivity contribution in [3.63, 3.8) is 0 Å². The lowest BCUT2D eigenvalue weighted by Gasteiger charge is -2.30. The van der Waals surface area contributed by atoms with E-state index in [1.807, 2.05) is 0 Å². The van der Waals surface area contributed by atoms with E-state index in [0.29, 0.717) is 6.04 Å². The van der Waals surface area contributed by atoms with E-state index in [0.717, 1.165) is 25.0 Å². The molecule has 1 aromatic rings. The van der Waals surface area contributed by atoms with Crippen molar-refractivity contribution in [3.05, 3.63) is 29.8 Å². The molecule has 1 N–H and O–H groups in total. The molecule has 3 unspecified atom stereocenters. The zero-order chi connectivity index (χ0) is 13.9. The number of nitrogens with zero attached hydrogens (tertiary/aromatic N) is 1. The lowest BCUT2D eigenvalue weighted by atomic mass is 9.87. The number of hydrogen-bond acceptors (Lipinski definition) is 2. The van der Waals surface area contributed by atoms with Gasteiger partial charge >= 0.3 is 0 Å². The highest BCUT2D eigenvalue weighted by molar-refractivity contribution is 5.59. The predicted molar refractivity (Wildman–Crippen MR) is 86.4 cm³/mol. The number of rotatable bonds is 4. The highest BCUT2D eigenvalue weighted by Gasteiger charge is 2.25. The first-order chi connectivity index (χ1) is 9.74. The maximum atomic E-state index is 3.79. The molecular weight excluding hydrogens is 244 g/mol. The van der Waals surface area contributed by atoms with E-state index >= 15 is 0 Å². The van der Waals surface area contributed by atoms with E-state index in [9.17, 15) is 0 Å². The van der Waals surface area contributed by atoms with Gasteiger partial charge in [-0.05, 0) is 43.7 Å². The third-order valence-electron chi connectivity index (χ3n) is 5.07. The van der Waals surface area contributed by atoms with E-state index in [2.05, 4.69) is 48.3 Å². The Morgan fingerprint density at radius 3 is 2.90 bits per heavy atom. The summed E-state index contributed by atoms with van der Waals surface area (Å²) in [5, 5.41) is 3.79. The minimum absolute atomic E-state index is 0.652. The largest absolute Gasteiger partial charge is 0.367 e. The topological polar surface area (TPSA) is 15.3 Å². The lowest BCUT2D eigenvalue weighted by molar-refractivity contribution is 0.303. The zero-order valence-electron chi connectivity index (χ0n) is 12.9. The zero-order valence-corrected chi connectivity index (χ0v) is 12.9. The van der Waals surface area contributed by atoms with Gasteiger partial charge in [0, 0.05) is 30.9 Å². The van der Waals surface area contributed by atoms with E-state index in [-0.39, 0.29) is 0 Å². The maximum absolute atomic E-state index is 3.79. The molecule has 1 saturated carbocycles.